The van der Waals surface area contributed by atoms with Crippen LogP contribution in [0, 0.1) is 11.7 Å². The number of anilines is 1. The first-order valence-corrected chi connectivity index (χ1v) is 10.3. The van der Waals surface area contributed by atoms with Crippen LogP contribution in [0.25, 0.3) is 10.9 Å². The van der Waals surface area contributed by atoms with E-state index in [9.17, 15) is 14.7 Å². The SMILES string of the molecule is NC12C=CC=CC1CN(c1c(F)cc3c(=O)c(C(=O)O)cn(C4CC4)c3c1Br)C2. The van der Waals surface area contributed by atoms with Crippen molar-refractivity contribution in [2.75, 3.05) is 18.0 Å². The van der Waals surface area contributed by atoms with Crippen molar-refractivity contribution in [3.05, 3.63) is 62.6 Å². The average Bonchev–Trinajstić information content (AvgIpc) is 3.43. The van der Waals surface area contributed by atoms with Gasteiger partial charge < -0.3 is 20.3 Å². The second-order valence-electron chi connectivity index (χ2n) is 8.08. The van der Waals surface area contributed by atoms with Gasteiger partial charge in [0.05, 0.1) is 26.6 Å². The standard InChI is InChI=1S/C21H19BrFN3O3/c22-16-17-13(19(27)14(20(28)29)9-26(17)12-4-5-12)7-15(23)18(16)25-8-11-3-1-2-6-21(11,24)10-25/h1-3,6-7,9,11-12H,4-5,8,10,24H2,(H,28,29). The molecular formula is C21H19BrFN3O3. The molecule has 150 valence electrons. The first-order valence-electron chi connectivity index (χ1n) is 9.50. The normalized spacial score (nSPS) is 25.6. The van der Waals surface area contributed by atoms with Crippen molar-refractivity contribution in [1.82, 2.24) is 4.57 Å². The zero-order valence-corrected chi connectivity index (χ0v) is 17.0. The van der Waals surface area contributed by atoms with E-state index in [2.05, 4.69) is 15.9 Å². The van der Waals surface area contributed by atoms with E-state index in [0.717, 1.165) is 12.8 Å². The first kappa shape index (κ1) is 18.6. The third kappa shape index (κ3) is 2.77. The lowest BCUT2D eigenvalue weighted by molar-refractivity contribution is 0.0695. The molecule has 3 N–H and O–H groups in total. The fourth-order valence-corrected chi connectivity index (χ4v) is 5.31. The Morgan fingerprint density at radius 2 is 2.10 bits per heavy atom. The molecular weight excluding hydrogens is 441 g/mol. The molecule has 2 atom stereocenters. The number of allylic oxidation sites excluding steroid dienone is 2. The van der Waals surface area contributed by atoms with Gasteiger partial charge in [0, 0.05) is 31.2 Å². The Balaban J connectivity index is 1.73. The highest BCUT2D eigenvalue weighted by Gasteiger charge is 2.43. The summed E-state index contributed by atoms with van der Waals surface area (Å²) in [6, 6.07) is 1.28. The second kappa shape index (κ2) is 6.27. The number of halogens is 2. The zero-order chi connectivity index (χ0) is 20.5. The Labute approximate surface area is 174 Å². The summed E-state index contributed by atoms with van der Waals surface area (Å²) in [5, 5.41) is 9.48. The Morgan fingerprint density at radius 1 is 1.34 bits per heavy atom. The lowest BCUT2D eigenvalue weighted by Gasteiger charge is -2.27. The van der Waals surface area contributed by atoms with Crippen LogP contribution in [0.1, 0.15) is 29.2 Å². The van der Waals surface area contributed by atoms with Crippen LogP contribution in [0.15, 0.2) is 45.8 Å². The molecule has 0 amide bonds. The summed E-state index contributed by atoms with van der Waals surface area (Å²) in [5.41, 5.74) is 5.84. The zero-order valence-electron chi connectivity index (χ0n) is 15.4. The average molecular weight is 460 g/mol. The van der Waals surface area contributed by atoms with Gasteiger partial charge in [0.2, 0.25) is 5.43 Å². The van der Waals surface area contributed by atoms with Crippen LogP contribution in [0.5, 0.6) is 0 Å². The molecule has 2 fully saturated rings. The van der Waals surface area contributed by atoms with Crippen molar-refractivity contribution >= 4 is 38.5 Å². The minimum Gasteiger partial charge on any atom is -0.477 e. The molecule has 2 unspecified atom stereocenters. The number of benzene rings is 1. The van der Waals surface area contributed by atoms with Gasteiger partial charge in [-0.1, -0.05) is 24.3 Å². The molecule has 0 bridgehead atoms. The van der Waals surface area contributed by atoms with Gasteiger partial charge in [-0.15, -0.1) is 0 Å². The highest BCUT2D eigenvalue weighted by Crippen LogP contribution is 2.44. The van der Waals surface area contributed by atoms with Crippen molar-refractivity contribution in [3.8, 4) is 0 Å². The van der Waals surface area contributed by atoms with Gasteiger partial charge in [-0.25, -0.2) is 9.18 Å². The van der Waals surface area contributed by atoms with E-state index in [4.69, 9.17) is 5.73 Å². The third-order valence-corrected chi connectivity index (χ3v) is 6.86. The molecule has 2 heterocycles. The monoisotopic (exact) mass is 459 g/mol. The lowest BCUT2D eigenvalue weighted by Crippen LogP contribution is -2.46. The molecule has 29 heavy (non-hydrogen) atoms. The summed E-state index contributed by atoms with van der Waals surface area (Å²) < 4.78 is 17.5. The number of nitrogens with zero attached hydrogens (tertiary/aromatic N) is 2. The molecule has 1 aromatic carbocycles. The number of carboxylic acids is 1. The van der Waals surface area contributed by atoms with Gasteiger partial charge in [-0.05, 0) is 34.8 Å². The summed E-state index contributed by atoms with van der Waals surface area (Å²) >= 11 is 3.54. The number of aromatic carboxylic acids is 1. The first-order chi connectivity index (χ1) is 13.8. The lowest BCUT2D eigenvalue weighted by atomic mass is 9.85. The number of fused-ring (bicyclic) bond motifs is 2. The van der Waals surface area contributed by atoms with Gasteiger partial charge in [0.1, 0.15) is 11.4 Å². The number of nitrogens with two attached hydrogens (primary N) is 1. The number of aromatic nitrogens is 1. The minimum absolute atomic E-state index is 0.0644. The molecule has 2 aliphatic carbocycles. The quantitative estimate of drug-likeness (QED) is 0.735. The van der Waals surface area contributed by atoms with Crippen molar-refractivity contribution < 1.29 is 14.3 Å². The van der Waals surface area contributed by atoms with Crippen molar-refractivity contribution in [2.24, 2.45) is 11.7 Å². The van der Waals surface area contributed by atoms with E-state index in [1.807, 2.05) is 29.2 Å². The molecule has 1 aromatic heterocycles. The fourth-order valence-electron chi connectivity index (χ4n) is 4.45. The molecule has 8 heteroatoms. The van der Waals surface area contributed by atoms with Crippen LogP contribution in [0.4, 0.5) is 10.1 Å². The topological polar surface area (TPSA) is 88.6 Å². The van der Waals surface area contributed by atoms with Crippen LogP contribution < -0.4 is 16.1 Å². The number of rotatable bonds is 3. The van der Waals surface area contributed by atoms with E-state index >= 15 is 4.39 Å². The minimum atomic E-state index is -1.31. The third-order valence-electron chi connectivity index (χ3n) is 6.10. The Kier molecular flexibility index (Phi) is 4.02. The van der Waals surface area contributed by atoms with Gasteiger partial charge >= 0.3 is 5.97 Å². The molecule has 0 spiro atoms. The highest BCUT2D eigenvalue weighted by atomic mass is 79.9. The van der Waals surface area contributed by atoms with Crippen molar-refractivity contribution in [2.45, 2.75) is 24.4 Å². The van der Waals surface area contributed by atoms with Gasteiger partial charge in [0.15, 0.2) is 0 Å². The highest BCUT2D eigenvalue weighted by molar-refractivity contribution is 9.10. The Bertz CT molecular complexity index is 1180. The van der Waals surface area contributed by atoms with Crippen molar-refractivity contribution in [3.63, 3.8) is 0 Å². The fraction of sp³-hybridized carbons (Fsp3) is 0.333. The smallest absolute Gasteiger partial charge is 0.341 e. The molecule has 5 rings (SSSR count). The van der Waals surface area contributed by atoms with E-state index in [-0.39, 0.29) is 22.9 Å². The molecule has 1 saturated carbocycles. The van der Waals surface area contributed by atoms with Crippen LogP contribution in [0.2, 0.25) is 0 Å². The molecule has 1 saturated heterocycles. The van der Waals surface area contributed by atoms with E-state index in [1.165, 1.54) is 12.3 Å². The van der Waals surface area contributed by atoms with E-state index < -0.39 is 22.8 Å². The van der Waals surface area contributed by atoms with Gasteiger partial charge in [0.25, 0.3) is 0 Å². The largest absolute Gasteiger partial charge is 0.477 e. The van der Waals surface area contributed by atoms with Crippen LogP contribution in [0.3, 0.4) is 0 Å². The summed E-state index contributed by atoms with van der Waals surface area (Å²) in [6.07, 6.45) is 11.0. The number of hydrogen-bond donors (Lipinski definition) is 2. The summed E-state index contributed by atoms with van der Waals surface area (Å²) in [7, 11) is 0. The van der Waals surface area contributed by atoms with Crippen LogP contribution in [-0.4, -0.2) is 34.3 Å². The summed E-state index contributed by atoms with van der Waals surface area (Å²) in [6.45, 7) is 1.000. The van der Waals surface area contributed by atoms with Crippen LogP contribution in [-0.2, 0) is 0 Å². The number of hydrogen-bond acceptors (Lipinski definition) is 4. The maximum atomic E-state index is 15.3. The number of carbonyl (C=O) groups is 1. The van der Waals surface area contributed by atoms with Gasteiger partial charge in [-0.2, -0.15) is 0 Å². The summed E-state index contributed by atoms with van der Waals surface area (Å²) in [5.74, 6) is -1.81. The second-order valence-corrected chi connectivity index (χ2v) is 8.87. The number of carboxylic acid groups (broad SMARTS) is 1. The van der Waals surface area contributed by atoms with E-state index in [0.29, 0.717) is 28.8 Å². The predicted molar refractivity (Wildman–Crippen MR) is 112 cm³/mol. The molecule has 2 aromatic rings. The predicted octanol–water partition coefficient (Wildman–Crippen LogP) is 3.20. The molecule has 3 aliphatic rings. The maximum Gasteiger partial charge on any atom is 0.341 e. The van der Waals surface area contributed by atoms with Crippen LogP contribution >= 0.6 is 15.9 Å². The molecule has 6 nitrogen and oxygen atoms in total. The van der Waals surface area contributed by atoms with Gasteiger partial charge in [-0.3, -0.25) is 4.79 Å². The Hall–Kier alpha value is -2.45. The maximum absolute atomic E-state index is 15.3. The Morgan fingerprint density at radius 3 is 2.76 bits per heavy atom. The molecule has 0 radical (unpaired) electrons. The summed E-state index contributed by atoms with van der Waals surface area (Å²) in [4.78, 5) is 26.2. The van der Waals surface area contributed by atoms with E-state index in [1.54, 1.807) is 4.57 Å². The van der Waals surface area contributed by atoms with Crippen molar-refractivity contribution in [1.29, 1.82) is 0 Å². The molecule has 1 aliphatic heterocycles. The number of pyridine rings is 1.